The van der Waals surface area contributed by atoms with Crippen molar-refractivity contribution in [3.05, 3.63) is 52.9 Å². The fourth-order valence-electron chi connectivity index (χ4n) is 4.12. The Bertz CT molecular complexity index is 1380. The van der Waals surface area contributed by atoms with Gasteiger partial charge in [-0.2, -0.15) is 0 Å². The first-order chi connectivity index (χ1) is 16.3. The Labute approximate surface area is 212 Å². The molecule has 4 aromatic rings. The summed E-state index contributed by atoms with van der Waals surface area (Å²) in [5.74, 6) is 0.241. The summed E-state index contributed by atoms with van der Waals surface area (Å²) in [4.78, 5) is 24.9. The van der Waals surface area contributed by atoms with Gasteiger partial charge in [0.2, 0.25) is 5.91 Å². The highest BCUT2D eigenvalue weighted by molar-refractivity contribution is 8.00. The number of nitrogens with zero attached hydrogens (tertiary/aromatic N) is 2. The van der Waals surface area contributed by atoms with Crippen molar-refractivity contribution < 1.29 is 9.53 Å². The summed E-state index contributed by atoms with van der Waals surface area (Å²) < 4.78 is 6.04. The topological polar surface area (TPSA) is 64.1 Å². The van der Waals surface area contributed by atoms with Crippen molar-refractivity contribution in [2.45, 2.75) is 61.8 Å². The van der Waals surface area contributed by atoms with Gasteiger partial charge in [-0.3, -0.25) is 4.79 Å². The lowest BCUT2D eigenvalue weighted by atomic mass is 9.95. The number of thioether (sulfide) groups is 2. The number of aromatic nitrogens is 2. The Morgan fingerprint density at radius 2 is 1.97 bits per heavy atom. The number of fused-ring (bicyclic) bond motifs is 4. The molecular formula is C26H27N3O2S3. The van der Waals surface area contributed by atoms with E-state index >= 15 is 0 Å². The monoisotopic (exact) mass is 509 g/mol. The van der Waals surface area contributed by atoms with Crippen LogP contribution in [0.1, 0.15) is 38.1 Å². The lowest BCUT2D eigenvalue weighted by Gasteiger charge is -2.30. The molecule has 0 atom stereocenters. The molecule has 1 N–H and O–H groups in total. The van der Waals surface area contributed by atoms with Crippen LogP contribution in [0.15, 0.2) is 52.6 Å². The third kappa shape index (κ3) is 4.96. The van der Waals surface area contributed by atoms with Crippen molar-refractivity contribution in [3.8, 4) is 0 Å². The molecule has 0 fully saturated rings. The number of carbonyl (C=O) groups excluding carboxylic acids is 1. The molecule has 5 nitrogen and oxygen atoms in total. The Kier molecular flexibility index (Phi) is 6.59. The van der Waals surface area contributed by atoms with Crippen LogP contribution in [0.2, 0.25) is 0 Å². The van der Waals surface area contributed by atoms with Crippen molar-refractivity contribution in [3.63, 3.8) is 0 Å². The highest BCUT2D eigenvalue weighted by Gasteiger charge is 2.31. The molecule has 0 saturated heterocycles. The Morgan fingerprint density at radius 3 is 2.79 bits per heavy atom. The van der Waals surface area contributed by atoms with Crippen LogP contribution in [0.3, 0.4) is 0 Å². The van der Waals surface area contributed by atoms with Gasteiger partial charge in [0, 0.05) is 33.0 Å². The van der Waals surface area contributed by atoms with E-state index in [9.17, 15) is 4.79 Å². The van der Waals surface area contributed by atoms with Crippen LogP contribution in [0, 0.1) is 0 Å². The second-order valence-electron chi connectivity index (χ2n) is 9.25. The number of amides is 1. The maximum atomic E-state index is 13.0. The maximum absolute atomic E-state index is 13.0. The molecule has 1 aliphatic heterocycles. The fourth-order valence-corrected chi connectivity index (χ4v) is 6.96. The minimum atomic E-state index is -0.222. The first kappa shape index (κ1) is 23.6. The summed E-state index contributed by atoms with van der Waals surface area (Å²) in [6.07, 6.45) is 0.818. The fraction of sp³-hybridized carbons (Fsp3) is 0.346. The van der Waals surface area contributed by atoms with E-state index in [0.717, 1.165) is 43.3 Å². The van der Waals surface area contributed by atoms with Crippen LogP contribution in [0.4, 0.5) is 5.69 Å². The van der Waals surface area contributed by atoms with Crippen LogP contribution in [-0.4, -0.2) is 32.5 Å². The van der Waals surface area contributed by atoms with Crippen molar-refractivity contribution >= 4 is 67.4 Å². The number of rotatable bonds is 6. The van der Waals surface area contributed by atoms with Gasteiger partial charge in [0.15, 0.2) is 5.16 Å². The standard InChI is InChI=1S/C26H27N3O2S3/c1-15(2)33-25-28-23(22-18-12-26(3,4)31-13-20(18)34-24(22)29-25)32-14-21(30)27-19-11-7-9-16-8-5-6-10-17(16)19/h5-11,15H,12-14H2,1-4H3,(H,27,30). The second kappa shape index (κ2) is 9.49. The number of carbonyl (C=O) groups is 1. The molecule has 176 valence electrons. The Balaban J connectivity index is 1.44. The van der Waals surface area contributed by atoms with Gasteiger partial charge in [0.25, 0.3) is 0 Å². The zero-order chi connectivity index (χ0) is 23.9. The Hall–Kier alpha value is -2.13. The number of nitrogens with one attached hydrogen (secondary N) is 1. The van der Waals surface area contributed by atoms with Crippen LogP contribution in [-0.2, 0) is 22.6 Å². The summed E-state index contributed by atoms with van der Waals surface area (Å²) in [6, 6.07) is 14.0. The van der Waals surface area contributed by atoms with E-state index in [-0.39, 0.29) is 17.3 Å². The summed E-state index contributed by atoms with van der Waals surface area (Å²) in [6.45, 7) is 9.11. The van der Waals surface area contributed by atoms with Crippen LogP contribution >= 0.6 is 34.9 Å². The molecule has 2 aromatic heterocycles. The Morgan fingerprint density at radius 1 is 1.18 bits per heavy atom. The molecular weight excluding hydrogens is 483 g/mol. The molecule has 1 aliphatic rings. The van der Waals surface area contributed by atoms with E-state index < -0.39 is 0 Å². The molecule has 0 saturated carbocycles. The highest BCUT2D eigenvalue weighted by atomic mass is 32.2. The molecule has 2 aromatic carbocycles. The summed E-state index contributed by atoms with van der Waals surface area (Å²) in [5, 5.41) is 8.35. The second-order valence-corrected chi connectivity index (χ2v) is 12.8. The average Bonchev–Trinajstić information content (AvgIpc) is 3.14. The van der Waals surface area contributed by atoms with E-state index in [4.69, 9.17) is 14.7 Å². The first-order valence-electron chi connectivity index (χ1n) is 11.3. The largest absolute Gasteiger partial charge is 0.370 e. The van der Waals surface area contributed by atoms with Gasteiger partial charge in [-0.15, -0.1) is 11.3 Å². The van der Waals surface area contributed by atoms with E-state index in [2.05, 4.69) is 45.1 Å². The number of hydrogen-bond donors (Lipinski definition) is 1. The first-order valence-corrected chi connectivity index (χ1v) is 14.0. The average molecular weight is 510 g/mol. The summed E-state index contributed by atoms with van der Waals surface area (Å²) >= 11 is 4.83. The van der Waals surface area contributed by atoms with Gasteiger partial charge in [-0.1, -0.05) is 73.8 Å². The van der Waals surface area contributed by atoms with E-state index in [1.165, 1.54) is 22.2 Å². The molecule has 0 aliphatic carbocycles. The van der Waals surface area contributed by atoms with Crippen LogP contribution in [0.5, 0.6) is 0 Å². The van der Waals surface area contributed by atoms with Crippen LogP contribution < -0.4 is 5.32 Å². The number of anilines is 1. The van der Waals surface area contributed by atoms with Crippen molar-refractivity contribution in [1.29, 1.82) is 0 Å². The molecule has 8 heteroatoms. The minimum absolute atomic E-state index is 0.0426. The predicted molar refractivity (Wildman–Crippen MR) is 144 cm³/mol. The molecule has 0 spiro atoms. The van der Waals surface area contributed by atoms with Gasteiger partial charge in [0.1, 0.15) is 9.86 Å². The zero-order valence-electron chi connectivity index (χ0n) is 19.7. The van der Waals surface area contributed by atoms with Gasteiger partial charge in [-0.25, -0.2) is 9.97 Å². The van der Waals surface area contributed by atoms with Gasteiger partial charge in [-0.05, 0) is 30.9 Å². The SMILES string of the molecule is CC(C)Sc1nc(SCC(=O)Nc2cccc3ccccc23)c2c3c(sc2n1)COC(C)(C)C3. The van der Waals surface area contributed by atoms with E-state index in [1.54, 1.807) is 23.1 Å². The predicted octanol–water partition coefficient (Wildman–Crippen LogP) is 6.93. The molecule has 3 heterocycles. The zero-order valence-corrected chi connectivity index (χ0v) is 22.1. The van der Waals surface area contributed by atoms with Gasteiger partial charge in [0.05, 0.1) is 18.0 Å². The third-order valence-electron chi connectivity index (χ3n) is 5.62. The molecule has 5 rings (SSSR count). The molecule has 0 bridgehead atoms. The van der Waals surface area contributed by atoms with E-state index in [0.29, 0.717) is 11.9 Å². The lowest BCUT2D eigenvalue weighted by Crippen LogP contribution is -2.31. The summed E-state index contributed by atoms with van der Waals surface area (Å²) in [7, 11) is 0. The quantitative estimate of drug-likeness (QED) is 0.173. The van der Waals surface area contributed by atoms with Crippen molar-refractivity contribution in [2.75, 3.05) is 11.1 Å². The molecule has 34 heavy (non-hydrogen) atoms. The molecule has 1 amide bonds. The minimum Gasteiger partial charge on any atom is -0.370 e. The number of benzene rings is 2. The van der Waals surface area contributed by atoms with Crippen molar-refractivity contribution in [2.24, 2.45) is 0 Å². The van der Waals surface area contributed by atoms with Gasteiger partial charge < -0.3 is 10.1 Å². The normalized spacial score (nSPS) is 15.1. The molecule has 0 unspecified atom stereocenters. The number of hydrogen-bond acceptors (Lipinski definition) is 7. The van der Waals surface area contributed by atoms with Gasteiger partial charge >= 0.3 is 0 Å². The summed E-state index contributed by atoms with van der Waals surface area (Å²) in [5.41, 5.74) is 1.88. The highest BCUT2D eigenvalue weighted by Crippen LogP contribution is 2.42. The molecule has 0 radical (unpaired) electrons. The lowest BCUT2D eigenvalue weighted by molar-refractivity contribution is -0.113. The number of thiophene rings is 1. The third-order valence-corrected chi connectivity index (χ3v) is 8.56. The van der Waals surface area contributed by atoms with E-state index in [1.807, 2.05) is 30.3 Å². The van der Waals surface area contributed by atoms with Crippen molar-refractivity contribution in [1.82, 2.24) is 9.97 Å². The maximum Gasteiger partial charge on any atom is 0.234 e. The smallest absolute Gasteiger partial charge is 0.234 e. The van der Waals surface area contributed by atoms with Crippen LogP contribution in [0.25, 0.3) is 21.0 Å². The number of ether oxygens (including phenoxy) is 1.